The molecule has 0 N–H and O–H groups in total. The van der Waals surface area contributed by atoms with Gasteiger partial charge in [-0.1, -0.05) is 5.11 Å². The largest absolute Gasteiger partial charge is 0.444 e. The third-order valence-corrected chi connectivity index (χ3v) is 4.31. The monoisotopic (exact) mass is 363 g/mol. The van der Waals surface area contributed by atoms with Crippen LogP contribution in [0.1, 0.15) is 31.9 Å². The van der Waals surface area contributed by atoms with Crippen LogP contribution in [0.25, 0.3) is 10.4 Å². The van der Waals surface area contributed by atoms with Crippen molar-refractivity contribution in [1.29, 1.82) is 0 Å². The van der Waals surface area contributed by atoms with E-state index in [0.717, 1.165) is 34.8 Å². The van der Waals surface area contributed by atoms with Gasteiger partial charge < -0.3 is 14.5 Å². The van der Waals surface area contributed by atoms with Gasteiger partial charge in [-0.3, -0.25) is 0 Å². The van der Waals surface area contributed by atoms with Crippen LogP contribution in [0.2, 0.25) is 0 Å². The Morgan fingerprint density at radius 1 is 1.32 bits per heavy atom. The highest BCUT2D eigenvalue weighted by Gasteiger charge is 2.26. The van der Waals surface area contributed by atoms with Gasteiger partial charge in [0.2, 0.25) is 0 Å². The first-order chi connectivity index (χ1) is 11.7. The highest BCUT2D eigenvalue weighted by molar-refractivity contribution is 7.80. The minimum Gasteiger partial charge on any atom is -0.444 e. The van der Waals surface area contributed by atoms with E-state index >= 15 is 0 Å². The molecule has 1 aliphatic rings. The number of hydrogen-bond donors (Lipinski definition) is 1. The Balaban J connectivity index is 2.09. The highest BCUT2D eigenvalue weighted by atomic mass is 32.1. The molecule has 0 spiro atoms. The summed E-state index contributed by atoms with van der Waals surface area (Å²) in [6, 6.07) is 3.94. The van der Waals surface area contributed by atoms with Crippen LogP contribution in [0.15, 0.2) is 22.1 Å². The van der Waals surface area contributed by atoms with Crippen LogP contribution in [-0.4, -0.2) is 42.8 Å². The molecule has 2 rings (SSSR count). The number of anilines is 1. The molecule has 136 valence electrons. The molecule has 1 aliphatic heterocycles. The normalized spacial score (nSPS) is 14.9. The van der Waals surface area contributed by atoms with Gasteiger partial charge in [-0.05, 0) is 56.5 Å². The van der Waals surface area contributed by atoms with Gasteiger partial charge in [0, 0.05) is 41.7 Å². The van der Waals surface area contributed by atoms with Crippen molar-refractivity contribution in [3.05, 3.63) is 33.7 Å². The average Bonchev–Trinajstić information content (AvgIpc) is 2.54. The summed E-state index contributed by atoms with van der Waals surface area (Å²) in [5.74, 6) is 0. The minimum atomic E-state index is -0.485. The van der Waals surface area contributed by atoms with Crippen molar-refractivity contribution in [2.45, 2.75) is 44.7 Å². The van der Waals surface area contributed by atoms with Gasteiger partial charge in [-0.15, -0.1) is 12.6 Å². The maximum atomic E-state index is 12.2. The zero-order valence-corrected chi connectivity index (χ0v) is 16.1. The Hall–Kier alpha value is -2.05. The second-order valence-electron chi connectivity index (χ2n) is 7.09. The Labute approximate surface area is 154 Å². The first kappa shape index (κ1) is 19.3. The van der Waals surface area contributed by atoms with Crippen molar-refractivity contribution < 1.29 is 9.53 Å². The number of azide groups is 1. The second-order valence-corrected chi connectivity index (χ2v) is 7.61. The van der Waals surface area contributed by atoms with E-state index < -0.39 is 5.60 Å². The number of benzene rings is 1. The topological polar surface area (TPSA) is 81.5 Å². The molecule has 0 aliphatic carbocycles. The van der Waals surface area contributed by atoms with Crippen molar-refractivity contribution in [2.75, 3.05) is 31.1 Å². The van der Waals surface area contributed by atoms with Crippen LogP contribution < -0.4 is 4.90 Å². The van der Waals surface area contributed by atoms with Crippen LogP contribution in [0, 0.1) is 6.92 Å². The molecule has 0 bridgehead atoms. The number of hydrogen-bond acceptors (Lipinski definition) is 5. The fraction of sp³-hybridized carbons (Fsp3) is 0.588. The third kappa shape index (κ3) is 5.21. The number of carbonyl (C=O) groups excluding carboxylic acids is 1. The van der Waals surface area contributed by atoms with Gasteiger partial charge in [0.15, 0.2) is 0 Å². The molecule has 0 aromatic heterocycles. The molecule has 1 fully saturated rings. The number of amides is 1. The lowest BCUT2D eigenvalue weighted by Crippen LogP contribution is -2.50. The van der Waals surface area contributed by atoms with E-state index in [4.69, 9.17) is 10.3 Å². The SMILES string of the molecule is Cc1c(CN=[N+]=[N-])cc(S)cc1N1CCN(C(=O)OC(C)(C)C)CC1. The van der Waals surface area contributed by atoms with E-state index in [1.807, 2.05) is 39.8 Å². The molecule has 1 saturated heterocycles. The lowest BCUT2D eigenvalue weighted by Gasteiger charge is -2.37. The van der Waals surface area contributed by atoms with E-state index in [2.05, 4.69) is 27.6 Å². The number of nitrogens with zero attached hydrogens (tertiary/aromatic N) is 5. The summed E-state index contributed by atoms with van der Waals surface area (Å²) in [7, 11) is 0. The molecule has 1 aromatic carbocycles. The smallest absolute Gasteiger partial charge is 0.410 e. The molecule has 0 atom stereocenters. The van der Waals surface area contributed by atoms with Gasteiger partial charge in [0.1, 0.15) is 5.60 Å². The lowest BCUT2D eigenvalue weighted by molar-refractivity contribution is 0.0240. The van der Waals surface area contributed by atoms with Crippen LogP contribution >= 0.6 is 12.6 Å². The number of ether oxygens (including phenoxy) is 1. The summed E-state index contributed by atoms with van der Waals surface area (Å²) < 4.78 is 5.43. The van der Waals surface area contributed by atoms with Gasteiger partial charge in [0.05, 0.1) is 6.54 Å². The quantitative estimate of drug-likeness (QED) is 0.379. The maximum Gasteiger partial charge on any atom is 0.410 e. The van der Waals surface area contributed by atoms with Crippen molar-refractivity contribution in [1.82, 2.24) is 4.90 Å². The van der Waals surface area contributed by atoms with E-state index in [0.29, 0.717) is 19.6 Å². The minimum absolute atomic E-state index is 0.268. The number of piperazine rings is 1. The van der Waals surface area contributed by atoms with Gasteiger partial charge in [-0.2, -0.15) is 0 Å². The summed E-state index contributed by atoms with van der Waals surface area (Å²) in [5, 5.41) is 3.66. The van der Waals surface area contributed by atoms with E-state index in [1.54, 1.807) is 4.90 Å². The summed E-state index contributed by atoms with van der Waals surface area (Å²) in [4.78, 5) is 19.8. The number of rotatable bonds is 3. The molecule has 25 heavy (non-hydrogen) atoms. The van der Waals surface area contributed by atoms with Gasteiger partial charge in [0.25, 0.3) is 0 Å². The second kappa shape index (κ2) is 7.89. The average molecular weight is 363 g/mol. The predicted molar refractivity (Wildman–Crippen MR) is 101 cm³/mol. The molecule has 8 heteroatoms. The Kier molecular flexibility index (Phi) is 6.08. The summed E-state index contributed by atoms with van der Waals surface area (Å²) in [6.07, 6.45) is -0.268. The van der Waals surface area contributed by atoms with Crippen LogP contribution in [0.3, 0.4) is 0 Å². The summed E-state index contributed by atoms with van der Waals surface area (Å²) >= 11 is 4.46. The Morgan fingerprint density at radius 2 is 1.96 bits per heavy atom. The van der Waals surface area contributed by atoms with Crippen LogP contribution in [-0.2, 0) is 11.3 Å². The lowest BCUT2D eigenvalue weighted by atomic mass is 10.1. The van der Waals surface area contributed by atoms with Crippen molar-refractivity contribution in [3.8, 4) is 0 Å². The molecule has 0 unspecified atom stereocenters. The van der Waals surface area contributed by atoms with Crippen molar-refractivity contribution in [3.63, 3.8) is 0 Å². The van der Waals surface area contributed by atoms with Gasteiger partial charge in [-0.25, -0.2) is 4.79 Å². The van der Waals surface area contributed by atoms with Gasteiger partial charge >= 0.3 is 6.09 Å². The predicted octanol–water partition coefficient (Wildman–Crippen LogP) is 4.15. The molecule has 1 aromatic rings. The molecule has 1 heterocycles. The number of carbonyl (C=O) groups is 1. The zero-order valence-electron chi connectivity index (χ0n) is 15.2. The standard InChI is InChI=1S/C17H25N5O2S/c1-12-13(11-19-20-18)9-14(25)10-15(12)21-5-7-22(8-6-21)16(23)24-17(2,3)4/h9-10,25H,5-8,11H2,1-4H3. The first-order valence-corrected chi connectivity index (χ1v) is 8.72. The summed E-state index contributed by atoms with van der Waals surface area (Å²) in [5.41, 5.74) is 11.2. The third-order valence-electron chi connectivity index (χ3n) is 4.05. The van der Waals surface area contributed by atoms with E-state index in [1.165, 1.54) is 0 Å². The Morgan fingerprint density at radius 3 is 2.52 bits per heavy atom. The molecule has 7 nitrogen and oxygen atoms in total. The highest BCUT2D eigenvalue weighted by Crippen LogP contribution is 2.29. The molecule has 1 amide bonds. The van der Waals surface area contributed by atoms with Crippen molar-refractivity contribution in [2.24, 2.45) is 5.11 Å². The van der Waals surface area contributed by atoms with E-state index in [-0.39, 0.29) is 6.09 Å². The number of thiol groups is 1. The first-order valence-electron chi connectivity index (χ1n) is 8.27. The van der Waals surface area contributed by atoms with Crippen molar-refractivity contribution >= 4 is 24.4 Å². The van der Waals surface area contributed by atoms with Crippen LogP contribution in [0.5, 0.6) is 0 Å². The summed E-state index contributed by atoms with van der Waals surface area (Å²) in [6.45, 7) is 10.6. The fourth-order valence-electron chi connectivity index (χ4n) is 2.80. The fourth-order valence-corrected chi connectivity index (χ4v) is 3.08. The Bertz CT molecular complexity index is 687. The molecular weight excluding hydrogens is 338 g/mol. The zero-order chi connectivity index (χ0) is 18.6. The molecule has 0 saturated carbocycles. The van der Waals surface area contributed by atoms with E-state index in [9.17, 15) is 4.79 Å². The maximum absolute atomic E-state index is 12.2. The molecule has 0 radical (unpaired) electrons. The van der Waals surface area contributed by atoms with Crippen LogP contribution in [0.4, 0.5) is 10.5 Å². The molecular formula is C17H25N5O2S.